The monoisotopic (exact) mass is 270 g/mol. The standard InChI is InChI=1S/C16H34N2O/c1-6-18(11-7-10-17(4)5)13-14-12-16(2,3)9-8-15(14)19/h14-15,19H,6-13H2,1-5H3. The molecule has 1 rings (SSSR count). The summed E-state index contributed by atoms with van der Waals surface area (Å²) in [6.45, 7) is 11.4. The van der Waals surface area contributed by atoms with Crippen molar-refractivity contribution < 1.29 is 5.11 Å². The molecule has 0 aromatic carbocycles. The van der Waals surface area contributed by atoms with Crippen LogP contribution in [0.3, 0.4) is 0 Å². The van der Waals surface area contributed by atoms with Gasteiger partial charge in [-0.3, -0.25) is 0 Å². The number of hydrogen-bond acceptors (Lipinski definition) is 3. The lowest BCUT2D eigenvalue weighted by Crippen LogP contribution is -2.41. The lowest BCUT2D eigenvalue weighted by molar-refractivity contribution is 0.00458. The molecule has 2 unspecified atom stereocenters. The summed E-state index contributed by atoms with van der Waals surface area (Å²) in [6.07, 6.45) is 4.44. The van der Waals surface area contributed by atoms with E-state index < -0.39 is 0 Å². The fraction of sp³-hybridized carbons (Fsp3) is 1.00. The molecule has 0 aromatic heterocycles. The highest BCUT2D eigenvalue weighted by Crippen LogP contribution is 2.38. The minimum absolute atomic E-state index is 0.0871. The maximum absolute atomic E-state index is 10.2. The van der Waals surface area contributed by atoms with Crippen molar-refractivity contribution >= 4 is 0 Å². The predicted molar refractivity (Wildman–Crippen MR) is 82.4 cm³/mol. The molecule has 1 N–H and O–H groups in total. The fourth-order valence-corrected chi connectivity index (χ4v) is 3.23. The smallest absolute Gasteiger partial charge is 0.0581 e. The Balaban J connectivity index is 2.40. The molecule has 1 fully saturated rings. The molecule has 0 aliphatic heterocycles. The van der Waals surface area contributed by atoms with Crippen LogP contribution < -0.4 is 0 Å². The second kappa shape index (κ2) is 7.61. The van der Waals surface area contributed by atoms with E-state index >= 15 is 0 Å². The van der Waals surface area contributed by atoms with E-state index in [1.165, 1.54) is 12.8 Å². The van der Waals surface area contributed by atoms with Gasteiger partial charge in [0.25, 0.3) is 0 Å². The van der Waals surface area contributed by atoms with Crippen molar-refractivity contribution in [1.82, 2.24) is 9.80 Å². The normalized spacial score (nSPS) is 27.2. The van der Waals surface area contributed by atoms with Crippen molar-refractivity contribution in [3.05, 3.63) is 0 Å². The second-order valence-electron chi connectivity index (χ2n) is 7.28. The summed E-state index contributed by atoms with van der Waals surface area (Å²) in [6, 6.07) is 0. The maximum Gasteiger partial charge on any atom is 0.0581 e. The highest BCUT2D eigenvalue weighted by molar-refractivity contribution is 4.86. The van der Waals surface area contributed by atoms with Crippen molar-refractivity contribution in [2.45, 2.75) is 52.6 Å². The Morgan fingerprint density at radius 1 is 1.21 bits per heavy atom. The minimum atomic E-state index is -0.0871. The largest absolute Gasteiger partial charge is 0.393 e. The van der Waals surface area contributed by atoms with Crippen LogP contribution in [0.5, 0.6) is 0 Å². The highest BCUT2D eigenvalue weighted by Gasteiger charge is 2.34. The Bertz CT molecular complexity index is 253. The van der Waals surface area contributed by atoms with E-state index in [1.54, 1.807) is 0 Å². The van der Waals surface area contributed by atoms with Crippen LogP contribution in [-0.4, -0.2) is 61.3 Å². The molecule has 0 radical (unpaired) electrons. The van der Waals surface area contributed by atoms with E-state index in [9.17, 15) is 5.11 Å². The first-order chi connectivity index (χ1) is 8.84. The van der Waals surface area contributed by atoms with Crippen LogP contribution in [-0.2, 0) is 0 Å². The van der Waals surface area contributed by atoms with Crippen molar-refractivity contribution in [2.75, 3.05) is 40.3 Å². The first-order valence-corrected chi connectivity index (χ1v) is 7.89. The summed E-state index contributed by atoms with van der Waals surface area (Å²) < 4.78 is 0. The maximum atomic E-state index is 10.2. The summed E-state index contributed by atoms with van der Waals surface area (Å²) in [5.41, 5.74) is 0.410. The van der Waals surface area contributed by atoms with E-state index in [4.69, 9.17) is 0 Å². The van der Waals surface area contributed by atoms with Crippen LogP contribution in [0.25, 0.3) is 0 Å². The Morgan fingerprint density at radius 2 is 1.89 bits per heavy atom. The molecule has 3 heteroatoms. The first kappa shape index (κ1) is 16.9. The van der Waals surface area contributed by atoms with Gasteiger partial charge in [-0.05, 0) is 70.7 Å². The summed E-state index contributed by atoms with van der Waals surface area (Å²) in [5.74, 6) is 0.461. The molecule has 0 bridgehead atoms. The molecule has 114 valence electrons. The van der Waals surface area contributed by atoms with Gasteiger partial charge in [-0.15, -0.1) is 0 Å². The third-order valence-corrected chi connectivity index (χ3v) is 4.50. The predicted octanol–water partition coefficient (Wildman–Crippen LogP) is 2.45. The molecule has 0 amide bonds. The molecule has 1 aliphatic carbocycles. The SMILES string of the molecule is CCN(CCCN(C)C)CC1CC(C)(C)CCC1O. The molecular weight excluding hydrogens is 236 g/mol. The van der Waals surface area contributed by atoms with E-state index in [0.29, 0.717) is 11.3 Å². The van der Waals surface area contributed by atoms with Gasteiger partial charge in [0.15, 0.2) is 0 Å². The van der Waals surface area contributed by atoms with E-state index in [-0.39, 0.29) is 6.10 Å². The van der Waals surface area contributed by atoms with Gasteiger partial charge < -0.3 is 14.9 Å². The van der Waals surface area contributed by atoms with Gasteiger partial charge in [0.2, 0.25) is 0 Å². The zero-order chi connectivity index (χ0) is 14.5. The quantitative estimate of drug-likeness (QED) is 0.770. The average Bonchev–Trinajstić information content (AvgIpc) is 2.31. The third kappa shape index (κ3) is 6.24. The molecule has 0 saturated heterocycles. The van der Waals surface area contributed by atoms with Gasteiger partial charge >= 0.3 is 0 Å². The lowest BCUT2D eigenvalue weighted by Gasteiger charge is -2.40. The number of nitrogens with zero attached hydrogens (tertiary/aromatic N) is 2. The van der Waals surface area contributed by atoms with Gasteiger partial charge in [-0.1, -0.05) is 20.8 Å². The van der Waals surface area contributed by atoms with Gasteiger partial charge in [-0.2, -0.15) is 0 Å². The second-order valence-corrected chi connectivity index (χ2v) is 7.28. The van der Waals surface area contributed by atoms with Gasteiger partial charge in [0, 0.05) is 6.54 Å². The summed E-state index contributed by atoms with van der Waals surface area (Å²) in [4.78, 5) is 4.76. The van der Waals surface area contributed by atoms with E-state index in [0.717, 1.165) is 39.0 Å². The van der Waals surface area contributed by atoms with E-state index in [1.807, 2.05) is 0 Å². The Kier molecular flexibility index (Phi) is 6.78. The molecule has 0 aromatic rings. The van der Waals surface area contributed by atoms with Crippen LogP contribution in [0, 0.1) is 11.3 Å². The zero-order valence-electron chi connectivity index (χ0n) is 13.7. The van der Waals surface area contributed by atoms with Crippen molar-refractivity contribution in [2.24, 2.45) is 11.3 Å². The minimum Gasteiger partial charge on any atom is -0.393 e. The number of hydrogen-bond donors (Lipinski definition) is 1. The fourth-order valence-electron chi connectivity index (χ4n) is 3.23. The van der Waals surface area contributed by atoms with Crippen LogP contribution in [0.15, 0.2) is 0 Å². The molecule has 0 heterocycles. The highest BCUT2D eigenvalue weighted by atomic mass is 16.3. The molecule has 0 spiro atoms. The Labute approximate surface area is 120 Å². The number of rotatable bonds is 7. The van der Waals surface area contributed by atoms with Crippen molar-refractivity contribution in [3.63, 3.8) is 0 Å². The van der Waals surface area contributed by atoms with Crippen LogP contribution in [0.1, 0.15) is 46.5 Å². The molecule has 2 atom stereocenters. The van der Waals surface area contributed by atoms with Crippen molar-refractivity contribution in [3.8, 4) is 0 Å². The topological polar surface area (TPSA) is 26.7 Å². The average molecular weight is 270 g/mol. The Morgan fingerprint density at radius 3 is 2.47 bits per heavy atom. The Hall–Kier alpha value is -0.120. The first-order valence-electron chi connectivity index (χ1n) is 7.89. The summed E-state index contributed by atoms with van der Waals surface area (Å²) in [5, 5.41) is 10.2. The van der Waals surface area contributed by atoms with E-state index in [2.05, 4.69) is 44.7 Å². The summed E-state index contributed by atoms with van der Waals surface area (Å²) >= 11 is 0. The van der Waals surface area contributed by atoms with Crippen LogP contribution >= 0.6 is 0 Å². The summed E-state index contributed by atoms with van der Waals surface area (Å²) in [7, 11) is 4.26. The lowest BCUT2D eigenvalue weighted by atomic mass is 9.70. The number of aliphatic hydroxyl groups excluding tert-OH is 1. The molecule has 1 saturated carbocycles. The van der Waals surface area contributed by atoms with Gasteiger partial charge in [0.1, 0.15) is 0 Å². The zero-order valence-corrected chi connectivity index (χ0v) is 13.7. The van der Waals surface area contributed by atoms with Crippen LogP contribution in [0.2, 0.25) is 0 Å². The molecular formula is C16H34N2O. The third-order valence-electron chi connectivity index (χ3n) is 4.50. The number of aliphatic hydroxyl groups is 1. The van der Waals surface area contributed by atoms with Crippen LogP contribution in [0.4, 0.5) is 0 Å². The van der Waals surface area contributed by atoms with Crippen molar-refractivity contribution in [1.29, 1.82) is 0 Å². The van der Waals surface area contributed by atoms with Gasteiger partial charge in [-0.25, -0.2) is 0 Å². The molecule has 1 aliphatic rings. The molecule has 3 nitrogen and oxygen atoms in total. The van der Waals surface area contributed by atoms with Gasteiger partial charge in [0.05, 0.1) is 6.10 Å². The molecule has 19 heavy (non-hydrogen) atoms.